The number of benzene rings is 1. The summed E-state index contributed by atoms with van der Waals surface area (Å²) in [5.41, 5.74) is -2.64. The number of nitrogens with zero attached hydrogens (tertiary/aromatic N) is 2. The number of rotatable bonds is 6. The monoisotopic (exact) mass is 445 g/mol. The normalized spacial score (nSPS) is 11.1. The number of hydrogen-bond acceptors (Lipinski definition) is 5. The van der Waals surface area contributed by atoms with Gasteiger partial charge in [-0.2, -0.15) is 9.37 Å². The van der Waals surface area contributed by atoms with E-state index in [1.165, 1.54) is 7.11 Å². The van der Waals surface area contributed by atoms with Gasteiger partial charge in [-0.3, -0.25) is 9.36 Å². The minimum atomic E-state index is -1.71. The average Bonchev–Trinajstić information content (AvgIpc) is 2.68. The molecule has 0 aliphatic heterocycles. The lowest BCUT2D eigenvalue weighted by atomic mass is 10.1. The number of nitrogens with one attached hydrogen (secondary N) is 1. The van der Waals surface area contributed by atoms with Crippen molar-refractivity contribution in [2.75, 3.05) is 25.6 Å². The third-order valence-corrected chi connectivity index (χ3v) is 4.48. The van der Waals surface area contributed by atoms with Gasteiger partial charge in [0.1, 0.15) is 11.4 Å². The van der Waals surface area contributed by atoms with Crippen LogP contribution in [0.4, 0.5) is 23.2 Å². The van der Waals surface area contributed by atoms with Crippen LogP contribution in [0.3, 0.4) is 0 Å². The smallest absolute Gasteiger partial charge is 0.341 e. The Kier molecular flexibility index (Phi) is 5.94. The molecule has 7 nitrogen and oxygen atoms in total. The maximum Gasteiger partial charge on any atom is 0.341 e. The summed E-state index contributed by atoms with van der Waals surface area (Å²) in [5, 5.41) is 11.0. The number of aromatic nitrogens is 2. The maximum absolute atomic E-state index is 14.6. The molecule has 158 valence electrons. The first kappa shape index (κ1) is 21.5. The molecular weight excluding hydrogens is 434 g/mol. The minimum absolute atomic E-state index is 0.105. The van der Waals surface area contributed by atoms with E-state index in [1.54, 1.807) is 0 Å². The maximum atomic E-state index is 14.6. The lowest BCUT2D eigenvalue weighted by Crippen LogP contribution is -2.20. The molecule has 2 aromatic heterocycles. The van der Waals surface area contributed by atoms with Crippen molar-refractivity contribution in [3.63, 3.8) is 0 Å². The molecule has 0 fully saturated rings. The van der Waals surface area contributed by atoms with E-state index in [0.717, 1.165) is 0 Å². The molecule has 0 saturated carbocycles. The molecule has 30 heavy (non-hydrogen) atoms. The van der Waals surface area contributed by atoms with E-state index in [1.807, 2.05) is 0 Å². The van der Waals surface area contributed by atoms with Gasteiger partial charge in [0.05, 0.1) is 28.2 Å². The molecule has 0 atom stereocenters. The number of pyridine rings is 2. The van der Waals surface area contributed by atoms with Crippen LogP contribution in [0, 0.1) is 23.4 Å². The zero-order valence-corrected chi connectivity index (χ0v) is 15.9. The Morgan fingerprint density at radius 1 is 1.23 bits per heavy atom. The molecule has 0 saturated heterocycles. The second-order valence-corrected chi connectivity index (χ2v) is 6.35. The number of carbonyl (C=O) groups is 1. The van der Waals surface area contributed by atoms with E-state index < -0.39 is 56.6 Å². The van der Waals surface area contributed by atoms with Gasteiger partial charge in [0.2, 0.25) is 5.43 Å². The molecule has 0 aliphatic carbocycles. The highest BCUT2D eigenvalue weighted by Crippen LogP contribution is 2.34. The van der Waals surface area contributed by atoms with Gasteiger partial charge >= 0.3 is 5.97 Å². The summed E-state index contributed by atoms with van der Waals surface area (Å²) in [6, 6.07) is 0.899. The van der Waals surface area contributed by atoms with Crippen LogP contribution >= 0.6 is 11.6 Å². The fourth-order valence-electron chi connectivity index (χ4n) is 2.78. The average molecular weight is 446 g/mol. The van der Waals surface area contributed by atoms with Crippen molar-refractivity contribution in [1.29, 1.82) is 0 Å². The number of methoxy groups -OCH3 is 1. The number of anilines is 1. The van der Waals surface area contributed by atoms with Crippen LogP contribution in [0.15, 0.2) is 23.1 Å². The van der Waals surface area contributed by atoms with E-state index >= 15 is 0 Å². The number of carboxylic acids is 1. The van der Waals surface area contributed by atoms with Crippen LogP contribution in [0.5, 0.6) is 0 Å². The highest BCUT2D eigenvalue weighted by Gasteiger charge is 2.24. The first-order valence-electron chi connectivity index (χ1n) is 8.22. The summed E-state index contributed by atoms with van der Waals surface area (Å²) in [6.45, 7) is 0.270. The summed E-state index contributed by atoms with van der Waals surface area (Å²) in [7, 11) is 1.41. The standard InChI is InChI=1S/C18H12ClF4N3O4/c1-30-3-2-24-13-9(20)4-7-14(12(13)19)26(6-8(15(7)27)18(28)29)17-11(22)5-10(21)16(23)25-17/h4-6,24H,2-3H2,1H3,(H,28,29). The fourth-order valence-corrected chi connectivity index (χ4v) is 3.13. The van der Waals surface area contributed by atoms with Crippen molar-refractivity contribution >= 4 is 34.2 Å². The van der Waals surface area contributed by atoms with Gasteiger partial charge in [0.15, 0.2) is 17.5 Å². The first-order chi connectivity index (χ1) is 14.2. The van der Waals surface area contributed by atoms with Gasteiger partial charge in [0, 0.05) is 25.9 Å². The largest absolute Gasteiger partial charge is 0.477 e. The highest BCUT2D eigenvalue weighted by atomic mass is 35.5. The van der Waals surface area contributed by atoms with Gasteiger partial charge in [-0.1, -0.05) is 11.6 Å². The van der Waals surface area contributed by atoms with Crippen molar-refractivity contribution in [2.24, 2.45) is 0 Å². The van der Waals surface area contributed by atoms with Crippen molar-refractivity contribution < 1.29 is 32.2 Å². The number of hydrogen-bond donors (Lipinski definition) is 2. The molecular formula is C18H12ClF4N3O4. The van der Waals surface area contributed by atoms with Gasteiger partial charge in [-0.15, -0.1) is 0 Å². The van der Waals surface area contributed by atoms with Crippen LogP contribution < -0.4 is 10.7 Å². The topological polar surface area (TPSA) is 93.5 Å². The molecule has 2 N–H and O–H groups in total. The zero-order chi connectivity index (χ0) is 22.2. The van der Waals surface area contributed by atoms with Gasteiger partial charge in [-0.05, 0) is 6.07 Å². The Morgan fingerprint density at radius 2 is 1.93 bits per heavy atom. The van der Waals surface area contributed by atoms with E-state index in [2.05, 4.69) is 10.3 Å². The van der Waals surface area contributed by atoms with Crippen molar-refractivity contribution in [2.45, 2.75) is 0 Å². The van der Waals surface area contributed by atoms with Crippen LogP contribution in [-0.2, 0) is 4.74 Å². The molecule has 0 bridgehead atoms. The molecule has 3 aromatic rings. The fraction of sp³-hybridized carbons (Fsp3) is 0.167. The van der Waals surface area contributed by atoms with Crippen LogP contribution in [0.2, 0.25) is 5.02 Å². The lowest BCUT2D eigenvalue weighted by molar-refractivity contribution is 0.0695. The van der Waals surface area contributed by atoms with Crippen LogP contribution in [-0.4, -0.2) is 40.9 Å². The Hall–Kier alpha value is -3.18. The Labute approximate surface area is 170 Å². The molecule has 0 amide bonds. The lowest BCUT2D eigenvalue weighted by Gasteiger charge is -2.17. The second kappa shape index (κ2) is 8.28. The van der Waals surface area contributed by atoms with E-state index in [-0.39, 0.29) is 30.4 Å². The number of carboxylic acid groups (broad SMARTS) is 1. The summed E-state index contributed by atoms with van der Waals surface area (Å²) < 4.78 is 61.4. The second-order valence-electron chi connectivity index (χ2n) is 5.98. The quantitative estimate of drug-likeness (QED) is 0.343. The predicted molar refractivity (Wildman–Crippen MR) is 99.5 cm³/mol. The Bertz CT molecular complexity index is 1230. The summed E-state index contributed by atoms with van der Waals surface area (Å²) in [6.07, 6.45) is 0.651. The number of ether oxygens (including phenoxy) is 1. The number of fused-ring (bicyclic) bond motifs is 1. The van der Waals surface area contributed by atoms with Crippen LogP contribution in [0.25, 0.3) is 16.7 Å². The zero-order valence-electron chi connectivity index (χ0n) is 15.1. The first-order valence-corrected chi connectivity index (χ1v) is 8.60. The molecule has 0 radical (unpaired) electrons. The third-order valence-electron chi connectivity index (χ3n) is 4.12. The molecule has 0 aliphatic rings. The van der Waals surface area contributed by atoms with E-state index in [4.69, 9.17) is 16.3 Å². The Morgan fingerprint density at radius 3 is 2.57 bits per heavy atom. The number of halogens is 5. The number of aromatic carboxylic acids is 1. The van der Waals surface area contributed by atoms with E-state index in [0.29, 0.717) is 16.8 Å². The Balaban J connectivity index is 2.44. The summed E-state index contributed by atoms with van der Waals surface area (Å²) >= 11 is 6.24. The van der Waals surface area contributed by atoms with Crippen LogP contribution in [0.1, 0.15) is 10.4 Å². The van der Waals surface area contributed by atoms with Crippen molar-refractivity contribution in [3.05, 3.63) is 62.5 Å². The van der Waals surface area contributed by atoms with Gasteiger partial charge in [-0.25, -0.2) is 18.0 Å². The third kappa shape index (κ3) is 3.68. The summed E-state index contributed by atoms with van der Waals surface area (Å²) in [5.74, 6) is -8.21. The van der Waals surface area contributed by atoms with Crippen molar-refractivity contribution in [1.82, 2.24) is 9.55 Å². The molecule has 12 heteroatoms. The molecule has 0 unspecified atom stereocenters. The SMILES string of the molecule is COCCNc1c(F)cc2c(=O)c(C(=O)O)cn(-c3nc(F)c(F)cc3F)c2c1Cl. The van der Waals surface area contributed by atoms with Gasteiger partial charge in [0.25, 0.3) is 5.95 Å². The molecule has 3 rings (SSSR count). The van der Waals surface area contributed by atoms with Crippen molar-refractivity contribution in [3.8, 4) is 5.82 Å². The molecule has 0 spiro atoms. The predicted octanol–water partition coefficient (Wildman–Crippen LogP) is 3.35. The summed E-state index contributed by atoms with van der Waals surface area (Å²) in [4.78, 5) is 27.1. The minimum Gasteiger partial charge on any atom is -0.477 e. The van der Waals surface area contributed by atoms with E-state index in [9.17, 15) is 32.3 Å². The highest BCUT2D eigenvalue weighted by molar-refractivity contribution is 6.38. The molecule has 1 aromatic carbocycles. The van der Waals surface area contributed by atoms with Gasteiger partial charge < -0.3 is 15.2 Å². The molecule has 2 heterocycles.